The van der Waals surface area contributed by atoms with E-state index in [2.05, 4.69) is 4.99 Å². The maximum Gasteiger partial charge on any atom is 0.336 e. The third-order valence-corrected chi connectivity index (χ3v) is 4.86. The Balaban J connectivity index is 4.10. The van der Waals surface area contributed by atoms with Crippen LogP contribution in [0.2, 0.25) is 12.6 Å². The van der Waals surface area contributed by atoms with E-state index >= 15 is 0 Å². The second-order valence-corrected chi connectivity index (χ2v) is 6.31. The van der Waals surface area contributed by atoms with E-state index in [4.69, 9.17) is 8.85 Å². The van der Waals surface area contributed by atoms with Gasteiger partial charge in [0.05, 0.1) is 6.04 Å². The molecular weight excluding hydrogens is 174 g/mol. The highest BCUT2D eigenvalue weighted by Gasteiger charge is 2.30. The lowest BCUT2D eigenvalue weighted by atomic mass is 10.4. The van der Waals surface area contributed by atoms with E-state index in [0.717, 1.165) is 0 Å². The number of nitrogens with zero attached hydrogens (tertiary/aromatic N) is 1. The standard InChI is InChI=1S/C7H15NO3Si/c1-7(8-6-9)5-12(4,10-2)11-3/h7H,5H2,1-4H3. The second kappa shape index (κ2) is 5.21. The Morgan fingerprint density at radius 1 is 1.50 bits per heavy atom. The molecule has 0 spiro atoms. The molecule has 1 atom stereocenters. The third kappa shape index (κ3) is 3.78. The Kier molecular flexibility index (Phi) is 5.00. The summed E-state index contributed by atoms with van der Waals surface area (Å²) >= 11 is 0. The number of aliphatic imine (C=N–C) groups is 1. The maximum absolute atomic E-state index is 9.92. The fraction of sp³-hybridized carbons (Fsp3) is 0.857. The van der Waals surface area contributed by atoms with Gasteiger partial charge in [0, 0.05) is 20.3 Å². The summed E-state index contributed by atoms with van der Waals surface area (Å²) in [6.07, 6.45) is 1.52. The van der Waals surface area contributed by atoms with E-state index in [1.807, 2.05) is 13.5 Å². The maximum atomic E-state index is 9.92. The molecule has 0 N–H and O–H groups in total. The van der Waals surface area contributed by atoms with Gasteiger partial charge in [-0.25, -0.2) is 9.79 Å². The van der Waals surface area contributed by atoms with Crippen molar-refractivity contribution in [2.75, 3.05) is 14.2 Å². The Bertz CT molecular complexity index is 175. The van der Waals surface area contributed by atoms with Gasteiger partial charge in [0.15, 0.2) is 0 Å². The highest BCUT2D eigenvalue weighted by atomic mass is 28.4. The molecule has 70 valence electrons. The molecule has 0 aromatic rings. The van der Waals surface area contributed by atoms with Crippen molar-refractivity contribution in [3.63, 3.8) is 0 Å². The molecule has 0 heterocycles. The molecule has 0 rings (SSSR count). The molecule has 0 amide bonds. The van der Waals surface area contributed by atoms with Gasteiger partial charge in [0.2, 0.25) is 6.08 Å². The molecule has 0 radical (unpaired) electrons. The first kappa shape index (κ1) is 11.5. The quantitative estimate of drug-likeness (QED) is 0.369. The molecule has 4 nitrogen and oxygen atoms in total. The summed E-state index contributed by atoms with van der Waals surface area (Å²) in [7, 11) is 1.17. The van der Waals surface area contributed by atoms with Crippen LogP contribution in [0.4, 0.5) is 0 Å². The Labute approximate surface area is 73.8 Å². The van der Waals surface area contributed by atoms with Gasteiger partial charge in [0.1, 0.15) is 0 Å². The predicted octanol–water partition coefficient (Wildman–Crippen LogP) is 1.08. The number of carbonyl (C=O) groups excluding carboxylic acids is 1. The van der Waals surface area contributed by atoms with Crippen molar-refractivity contribution in [1.82, 2.24) is 0 Å². The van der Waals surface area contributed by atoms with Crippen molar-refractivity contribution >= 4 is 14.6 Å². The normalized spacial score (nSPS) is 13.7. The molecule has 0 aromatic carbocycles. The lowest BCUT2D eigenvalue weighted by molar-refractivity contribution is 0.247. The third-order valence-electron chi connectivity index (χ3n) is 1.80. The Morgan fingerprint density at radius 3 is 2.33 bits per heavy atom. The average Bonchev–Trinajstić information content (AvgIpc) is 2.05. The minimum absolute atomic E-state index is 0.0703. The largest absolute Gasteiger partial charge is 0.398 e. The van der Waals surface area contributed by atoms with E-state index in [1.165, 1.54) is 6.08 Å². The fourth-order valence-electron chi connectivity index (χ4n) is 0.922. The first-order chi connectivity index (χ1) is 5.58. The monoisotopic (exact) mass is 189 g/mol. The molecule has 0 aliphatic rings. The van der Waals surface area contributed by atoms with E-state index < -0.39 is 8.56 Å². The minimum Gasteiger partial charge on any atom is -0.398 e. The highest BCUT2D eigenvalue weighted by molar-refractivity contribution is 6.66. The number of isocyanates is 1. The smallest absolute Gasteiger partial charge is 0.336 e. The zero-order valence-electron chi connectivity index (χ0n) is 7.96. The van der Waals surface area contributed by atoms with Gasteiger partial charge < -0.3 is 8.85 Å². The molecule has 0 saturated carbocycles. The number of rotatable bonds is 5. The molecule has 0 aliphatic heterocycles. The summed E-state index contributed by atoms with van der Waals surface area (Å²) in [5.74, 6) is 0. The van der Waals surface area contributed by atoms with Crippen LogP contribution in [-0.4, -0.2) is 34.9 Å². The van der Waals surface area contributed by atoms with Crippen LogP contribution in [0, 0.1) is 0 Å². The zero-order chi connectivity index (χ0) is 9.61. The van der Waals surface area contributed by atoms with Crippen LogP contribution in [0.1, 0.15) is 6.92 Å². The summed E-state index contributed by atoms with van der Waals surface area (Å²) in [6.45, 7) is 3.78. The topological polar surface area (TPSA) is 47.9 Å². The number of hydrogen-bond donors (Lipinski definition) is 0. The minimum atomic E-state index is -2.07. The molecule has 0 aliphatic carbocycles. The molecule has 0 bridgehead atoms. The van der Waals surface area contributed by atoms with Crippen molar-refractivity contribution in [2.24, 2.45) is 4.99 Å². The molecule has 12 heavy (non-hydrogen) atoms. The van der Waals surface area contributed by atoms with Gasteiger partial charge in [-0.05, 0) is 13.5 Å². The summed E-state index contributed by atoms with van der Waals surface area (Å²) in [4.78, 5) is 13.5. The van der Waals surface area contributed by atoms with Crippen LogP contribution < -0.4 is 0 Å². The van der Waals surface area contributed by atoms with Crippen LogP contribution in [0.5, 0.6) is 0 Å². The van der Waals surface area contributed by atoms with E-state index in [9.17, 15) is 4.79 Å². The zero-order valence-corrected chi connectivity index (χ0v) is 8.96. The lowest BCUT2D eigenvalue weighted by Crippen LogP contribution is -2.38. The molecular formula is C7H15NO3Si. The summed E-state index contributed by atoms with van der Waals surface area (Å²) in [5, 5.41) is 0. The highest BCUT2D eigenvalue weighted by Crippen LogP contribution is 2.15. The van der Waals surface area contributed by atoms with Crippen LogP contribution in [0.15, 0.2) is 4.99 Å². The predicted molar refractivity (Wildman–Crippen MR) is 48.0 cm³/mol. The number of hydrogen-bond acceptors (Lipinski definition) is 4. The van der Waals surface area contributed by atoms with Gasteiger partial charge in [-0.1, -0.05) is 0 Å². The van der Waals surface area contributed by atoms with Crippen molar-refractivity contribution < 1.29 is 13.6 Å². The summed E-state index contributed by atoms with van der Waals surface area (Å²) < 4.78 is 10.5. The van der Waals surface area contributed by atoms with Gasteiger partial charge in [-0.2, -0.15) is 0 Å². The first-order valence-electron chi connectivity index (χ1n) is 3.75. The van der Waals surface area contributed by atoms with E-state index in [0.29, 0.717) is 6.04 Å². The molecule has 1 unspecified atom stereocenters. The van der Waals surface area contributed by atoms with Gasteiger partial charge in [0.25, 0.3) is 0 Å². The van der Waals surface area contributed by atoms with Gasteiger partial charge in [-0.15, -0.1) is 0 Å². The van der Waals surface area contributed by atoms with Crippen LogP contribution in [-0.2, 0) is 13.6 Å². The summed E-state index contributed by atoms with van der Waals surface area (Å²) in [6, 6.07) is 0.606. The Hall–Kier alpha value is -0.483. The van der Waals surface area contributed by atoms with Crippen LogP contribution in [0.3, 0.4) is 0 Å². The van der Waals surface area contributed by atoms with Crippen molar-refractivity contribution in [3.8, 4) is 0 Å². The molecule has 0 fully saturated rings. The van der Waals surface area contributed by atoms with Crippen LogP contribution in [0.25, 0.3) is 0 Å². The van der Waals surface area contributed by atoms with Crippen molar-refractivity contribution in [2.45, 2.75) is 25.6 Å². The van der Waals surface area contributed by atoms with Gasteiger partial charge in [-0.3, -0.25) is 0 Å². The average molecular weight is 189 g/mol. The van der Waals surface area contributed by atoms with Gasteiger partial charge >= 0.3 is 8.56 Å². The van der Waals surface area contributed by atoms with E-state index in [-0.39, 0.29) is 6.04 Å². The fourth-order valence-corrected chi connectivity index (χ4v) is 2.59. The second-order valence-electron chi connectivity index (χ2n) is 2.82. The molecule has 0 aromatic heterocycles. The Morgan fingerprint density at radius 2 is 2.00 bits per heavy atom. The van der Waals surface area contributed by atoms with Crippen LogP contribution >= 0.6 is 0 Å². The van der Waals surface area contributed by atoms with Crippen molar-refractivity contribution in [3.05, 3.63) is 0 Å². The molecule has 0 saturated heterocycles. The SMILES string of the molecule is CO[Si](C)(CC(C)N=C=O)OC. The van der Waals surface area contributed by atoms with E-state index in [1.54, 1.807) is 14.2 Å². The first-order valence-corrected chi connectivity index (χ1v) is 6.27. The summed E-state index contributed by atoms with van der Waals surface area (Å²) in [5.41, 5.74) is 0. The van der Waals surface area contributed by atoms with Crippen molar-refractivity contribution in [1.29, 1.82) is 0 Å². The molecule has 5 heteroatoms. The lowest BCUT2D eigenvalue weighted by Gasteiger charge is -2.23.